The van der Waals surface area contributed by atoms with Crippen LogP contribution in [0, 0.1) is 5.92 Å². The average molecular weight is 238 g/mol. The lowest BCUT2D eigenvalue weighted by atomic mass is 9.92. The van der Waals surface area contributed by atoms with Crippen LogP contribution in [0.4, 0.5) is 0 Å². The van der Waals surface area contributed by atoms with Crippen LogP contribution in [0.15, 0.2) is 0 Å². The summed E-state index contributed by atoms with van der Waals surface area (Å²) >= 11 is 0. The van der Waals surface area contributed by atoms with Gasteiger partial charge in [-0.25, -0.2) is 0 Å². The van der Waals surface area contributed by atoms with Crippen molar-refractivity contribution >= 4 is 0 Å². The Morgan fingerprint density at radius 1 is 1.12 bits per heavy atom. The van der Waals surface area contributed by atoms with Crippen LogP contribution < -0.4 is 5.32 Å². The van der Waals surface area contributed by atoms with Gasteiger partial charge in [-0.15, -0.1) is 0 Å². The predicted molar refractivity (Wildman–Crippen MR) is 74.3 cm³/mol. The Balaban J connectivity index is 1.75. The standard InChI is InChI=1S/C15H30N2/c1-13(2)15-8-4-6-11-17(15)12-9-14-7-3-5-10-16-14/h13-16H,3-12H2,1-2H3/t14-,15+/m0/s1. The van der Waals surface area contributed by atoms with E-state index in [9.17, 15) is 0 Å². The third kappa shape index (κ3) is 3.96. The van der Waals surface area contributed by atoms with Crippen LogP contribution in [0.25, 0.3) is 0 Å². The molecule has 2 atom stereocenters. The highest BCUT2D eigenvalue weighted by Crippen LogP contribution is 2.23. The van der Waals surface area contributed by atoms with Crippen LogP contribution in [0.1, 0.15) is 58.8 Å². The van der Waals surface area contributed by atoms with Crippen molar-refractivity contribution in [2.45, 2.75) is 70.9 Å². The molecule has 0 saturated carbocycles. The molecule has 0 aromatic rings. The molecule has 2 fully saturated rings. The average Bonchev–Trinajstić information content (AvgIpc) is 2.38. The molecule has 0 bridgehead atoms. The van der Waals surface area contributed by atoms with Crippen molar-refractivity contribution in [3.63, 3.8) is 0 Å². The first-order valence-corrected chi connectivity index (χ1v) is 7.75. The first kappa shape index (κ1) is 13.4. The van der Waals surface area contributed by atoms with Gasteiger partial charge in [-0.2, -0.15) is 0 Å². The molecule has 17 heavy (non-hydrogen) atoms. The van der Waals surface area contributed by atoms with E-state index < -0.39 is 0 Å². The first-order valence-electron chi connectivity index (χ1n) is 7.75. The minimum atomic E-state index is 0.804. The van der Waals surface area contributed by atoms with E-state index in [2.05, 4.69) is 24.1 Å². The SMILES string of the molecule is CC(C)[C@H]1CCCCN1CC[C@@H]1CCCCN1. The molecule has 2 rings (SSSR count). The lowest BCUT2D eigenvalue weighted by Gasteiger charge is -2.39. The van der Waals surface area contributed by atoms with Gasteiger partial charge >= 0.3 is 0 Å². The summed E-state index contributed by atoms with van der Waals surface area (Å²) in [4.78, 5) is 2.77. The van der Waals surface area contributed by atoms with Crippen molar-refractivity contribution < 1.29 is 0 Å². The van der Waals surface area contributed by atoms with Crippen LogP contribution in [0.3, 0.4) is 0 Å². The Hall–Kier alpha value is -0.0800. The second kappa shape index (κ2) is 6.75. The number of likely N-dealkylation sites (tertiary alicyclic amines) is 1. The fourth-order valence-electron chi connectivity index (χ4n) is 3.54. The Bertz CT molecular complexity index is 209. The van der Waals surface area contributed by atoms with E-state index in [-0.39, 0.29) is 0 Å². The first-order chi connectivity index (χ1) is 8.27. The van der Waals surface area contributed by atoms with E-state index in [1.165, 1.54) is 64.6 Å². The summed E-state index contributed by atoms with van der Waals surface area (Å²) in [7, 11) is 0. The highest BCUT2D eigenvalue weighted by molar-refractivity contribution is 4.81. The molecule has 0 radical (unpaired) electrons. The molecule has 2 aliphatic heterocycles. The molecule has 0 aliphatic carbocycles. The van der Waals surface area contributed by atoms with Gasteiger partial charge in [-0.3, -0.25) is 0 Å². The minimum Gasteiger partial charge on any atom is -0.314 e. The molecule has 1 N–H and O–H groups in total. The Morgan fingerprint density at radius 3 is 2.65 bits per heavy atom. The highest BCUT2D eigenvalue weighted by atomic mass is 15.2. The van der Waals surface area contributed by atoms with Gasteiger partial charge in [0.05, 0.1) is 0 Å². The van der Waals surface area contributed by atoms with Gasteiger partial charge < -0.3 is 10.2 Å². The Morgan fingerprint density at radius 2 is 1.94 bits per heavy atom. The normalized spacial score (nSPS) is 31.9. The zero-order valence-corrected chi connectivity index (χ0v) is 11.8. The summed E-state index contributed by atoms with van der Waals surface area (Å²) in [6, 6.07) is 1.66. The maximum atomic E-state index is 3.68. The lowest BCUT2D eigenvalue weighted by Crippen LogP contribution is -2.45. The van der Waals surface area contributed by atoms with Crippen molar-refractivity contribution in [3.8, 4) is 0 Å². The largest absolute Gasteiger partial charge is 0.314 e. The zero-order valence-electron chi connectivity index (χ0n) is 11.8. The van der Waals surface area contributed by atoms with Gasteiger partial charge in [0.25, 0.3) is 0 Å². The van der Waals surface area contributed by atoms with E-state index in [1.807, 2.05) is 0 Å². The Labute approximate surface area is 107 Å². The summed E-state index contributed by atoms with van der Waals surface area (Å²) in [6.07, 6.45) is 9.88. The van der Waals surface area contributed by atoms with E-state index in [1.54, 1.807) is 0 Å². The summed E-state index contributed by atoms with van der Waals surface area (Å²) in [5.41, 5.74) is 0. The van der Waals surface area contributed by atoms with Gasteiger partial charge in [0.1, 0.15) is 0 Å². The molecule has 2 saturated heterocycles. The number of piperidine rings is 2. The molecule has 0 spiro atoms. The maximum absolute atomic E-state index is 3.68. The second-order valence-corrected chi connectivity index (χ2v) is 6.28. The van der Waals surface area contributed by atoms with Crippen molar-refractivity contribution in [2.24, 2.45) is 5.92 Å². The summed E-state index contributed by atoms with van der Waals surface area (Å²) in [5.74, 6) is 0.828. The molecule has 2 heterocycles. The van der Waals surface area contributed by atoms with Crippen LogP contribution in [-0.4, -0.2) is 36.6 Å². The van der Waals surface area contributed by atoms with Crippen LogP contribution in [0.2, 0.25) is 0 Å². The van der Waals surface area contributed by atoms with Gasteiger partial charge in [-0.1, -0.05) is 26.7 Å². The number of nitrogens with zero attached hydrogens (tertiary/aromatic N) is 1. The third-order valence-electron chi connectivity index (χ3n) is 4.61. The molecule has 0 aromatic carbocycles. The number of rotatable bonds is 4. The lowest BCUT2D eigenvalue weighted by molar-refractivity contribution is 0.105. The van der Waals surface area contributed by atoms with Crippen molar-refractivity contribution in [2.75, 3.05) is 19.6 Å². The summed E-state index contributed by atoms with van der Waals surface area (Å²) < 4.78 is 0. The molecule has 2 aliphatic rings. The van der Waals surface area contributed by atoms with Crippen LogP contribution in [0.5, 0.6) is 0 Å². The summed E-state index contributed by atoms with van der Waals surface area (Å²) in [5, 5.41) is 3.68. The van der Waals surface area contributed by atoms with Crippen molar-refractivity contribution in [1.82, 2.24) is 10.2 Å². The fourth-order valence-corrected chi connectivity index (χ4v) is 3.54. The fraction of sp³-hybridized carbons (Fsp3) is 1.00. The molecule has 0 aromatic heterocycles. The third-order valence-corrected chi connectivity index (χ3v) is 4.61. The summed E-state index contributed by atoms with van der Waals surface area (Å²) in [6.45, 7) is 8.69. The van der Waals surface area contributed by atoms with Crippen molar-refractivity contribution in [3.05, 3.63) is 0 Å². The van der Waals surface area contributed by atoms with E-state index >= 15 is 0 Å². The molecule has 2 heteroatoms. The van der Waals surface area contributed by atoms with E-state index in [4.69, 9.17) is 0 Å². The molecular weight excluding hydrogens is 208 g/mol. The van der Waals surface area contributed by atoms with Gasteiger partial charge in [0, 0.05) is 12.1 Å². The maximum Gasteiger partial charge on any atom is 0.0118 e. The van der Waals surface area contributed by atoms with Crippen molar-refractivity contribution in [1.29, 1.82) is 0 Å². The Kier molecular flexibility index (Phi) is 5.30. The van der Waals surface area contributed by atoms with Crippen LogP contribution >= 0.6 is 0 Å². The topological polar surface area (TPSA) is 15.3 Å². The smallest absolute Gasteiger partial charge is 0.0118 e. The van der Waals surface area contributed by atoms with Crippen LogP contribution in [-0.2, 0) is 0 Å². The second-order valence-electron chi connectivity index (χ2n) is 6.28. The minimum absolute atomic E-state index is 0.804. The molecular formula is C15H30N2. The molecule has 100 valence electrons. The van der Waals surface area contributed by atoms with E-state index in [0.29, 0.717) is 0 Å². The molecule has 0 amide bonds. The predicted octanol–water partition coefficient (Wildman–Crippen LogP) is 3.03. The molecule has 2 nitrogen and oxygen atoms in total. The molecule has 0 unspecified atom stereocenters. The number of nitrogens with one attached hydrogen (secondary N) is 1. The highest BCUT2D eigenvalue weighted by Gasteiger charge is 2.25. The van der Waals surface area contributed by atoms with E-state index in [0.717, 1.165) is 18.0 Å². The quantitative estimate of drug-likeness (QED) is 0.810. The number of hydrogen-bond acceptors (Lipinski definition) is 2. The van der Waals surface area contributed by atoms with Gasteiger partial charge in [0.15, 0.2) is 0 Å². The zero-order chi connectivity index (χ0) is 12.1. The number of hydrogen-bond donors (Lipinski definition) is 1. The monoisotopic (exact) mass is 238 g/mol. The van der Waals surface area contributed by atoms with Gasteiger partial charge in [0.2, 0.25) is 0 Å². The van der Waals surface area contributed by atoms with Gasteiger partial charge in [-0.05, 0) is 57.7 Å².